The highest BCUT2D eigenvalue weighted by molar-refractivity contribution is 7.73. The molecule has 0 rings (SSSR count). The Morgan fingerprint density at radius 2 is 1.78 bits per heavy atom. The van der Waals surface area contributed by atoms with Crippen molar-refractivity contribution in [3.63, 3.8) is 0 Å². The Labute approximate surface area is 53.8 Å². The third-order valence-electron chi connectivity index (χ3n) is 0.519. The summed E-state index contributed by atoms with van der Waals surface area (Å²) in [6.45, 7) is 1.99. The quantitative estimate of drug-likeness (QED) is 0.598. The number of rotatable bonds is 2. The molecule has 0 radical (unpaired) electrons. The Morgan fingerprint density at radius 1 is 1.44 bits per heavy atom. The number of hydrogen-bond acceptors (Lipinski definition) is 3. The first-order valence-corrected chi connectivity index (χ1v) is 6.82. The normalized spacial score (nSPS) is 24.4. The second kappa shape index (κ2) is 2.55. The van der Waals surface area contributed by atoms with Crippen LogP contribution < -0.4 is 4.89 Å². The van der Waals surface area contributed by atoms with Gasteiger partial charge in [0.25, 0.3) is 0 Å². The van der Waals surface area contributed by atoms with Gasteiger partial charge in [0.1, 0.15) is 0 Å². The maximum atomic E-state index is 10.4. The molecule has 0 saturated carbocycles. The summed E-state index contributed by atoms with van der Waals surface area (Å²) >= 11 is 0. The van der Waals surface area contributed by atoms with E-state index < -0.39 is 20.6 Å². The van der Waals surface area contributed by atoms with E-state index in [4.69, 9.17) is 4.89 Å². The van der Waals surface area contributed by atoms with Crippen molar-refractivity contribution in [2.45, 2.75) is 0 Å². The zero-order chi connectivity index (χ0) is 7.71. The summed E-state index contributed by atoms with van der Waals surface area (Å²) in [5, 5.41) is 0. The molecule has 0 aromatic carbocycles. The van der Waals surface area contributed by atoms with E-state index in [2.05, 4.69) is 0 Å². The molecule has 0 spiro atoms. The molecule has 0 aliphatic rings. The molecule has 0 heterocycles. The van der Waals surface area contributed by atoms with Crippen molar-refractivity contribution in [2.24, 2.45) is 0 Å². The van der Waals surface area contributed by atoms with Crippen LogP contribution in [0.3, 0.4) is 0 Å². The third-order valence-corrected chi connectivity index (χ3v) is 4.67. The minimum atomic E-state index is -3.55. The molecule has 6 heteroatoms. The summed E-state index contributed by atoms with van der Waals surface area (Å²) in [7, 11) is -6.91. The average Bonchev–Trinajstić information content (AvgIpc) is 1.14. The van der Waals surface area contributed by atoms with E-state index >= 15 is 0 Å². The van der Waals surface area contributed by atoms with Gasteiger partial charge in [-0.1, -0.05) is 0 Å². The molecule has 0 aromatic rings. The van der Waals surface area contributed by atoms with Crippen molar-refractivity contribution < 1.29 is 18.9 Å². The van der Waals surface area contributed by atoms with Crippen LogP contribution in [0.4, 0.5) is 0 Å². The highest BCUT2D eigenvalue weighted by atomic mass is 31.2. The van der Waals surface area contributed by atoms with Crippen molar-refractivity contribution in [3.05, 3.63) is 0 Å². The van der Waals surface area contributed by atoms with E-state index in [0.29, 0.717) is 0 Å². The van der Waals surface area contributed by atoms with Crippen molar-refractivity contribution in [1.29, 1.82) is 0 Å². The Kier molecular flexibility index (Phi) is 2.66. The largest absolute Gasteiger partial charge is 0.799 e. The van der Waals surface area contributed by atoms with E-state index in [1.807, 2.05) is 0 Å². The van der Waals surface area contributed by atoms with Gasteiger partial charge in [-0.15, -0.1) is 0 Å². The molecule has 0 aliphatic heterocycles. The van der Waals surface area contributed by atoms with E-state index in [9.17, 15) is 14.0 Å². The van der Waals surface area contributed by atoms with Gasteiger partial charge < -0.3 is 14.4 Å². The van der Waals surface area contributed by atoms with E-state index in [1.165, 1.54) is 0 Å². The van der Waals surface area contributed by atoms with E-state index in [0.717, 1.165) is 13.3 Å². The molecule has 2 unspecified atom stereocenters. The minimum Gasteiger partial charge on any atom is -0.799 e. The summed E-state index contributed by atoms with van der Waals surface area (Å²) in [6.07, 6.45) is 0. The summed E-state index contributed by atoms with van der Waals surface area (Å²) in [5.74, 6) is -0.597. The molecule has 0 aromatic heterocycles. The zero-order valence-electron chi connectivity index (χ0n) is 5.27. The van der Waals surface area contributed by atoms with Gasteiger partial charge >= 0.3 is 0 Å². The monoisotopic (exact) mass is 171 g/mol. The molecule has 0 aliphatic carbocycles. The lowest BCUT2D eigenvalue weighted by atomic mass is 11.9. The Bertz CT molecular complexity index is 154. The third kappa shape index (κ3) is 8.38. The molecular formula is C3H9O4P2-. The van der Waals surface area contributed by atoms with Gasteiger partial charge in [-0.05, 0) is 6.66 Å². The summed E-state index contributed by atoms with van der Waals surface area (Å²) in [5.41, 5.74) is 0. The predicted octanol–water partition coefficient (Wildman–Crippen LogP) is 0.112. The summed E-state index contributed by atoms with van der Waals surface area (Å²) < 4.78 is 20.8. The van der Waals surface area contributed by atoms with Crippen LogP contribution in [-0.2, 0) is 9.13 Å². The average molecular weight is 171 g/mol. The first-order valence-electron chi connectivity index (χ1n) is 2.27. The van der Waals surface area contributed by atoms with Gasteiger partial charge in [-0.25, -0.2) is 0 Å². The molecule has 56 valence electrons. The van der Waals surface area contributed by atoms with Crippen LogP contribution in [0.1, 0.15) is 0 Å². The maximum Gasteiger partial charge on any atom is 0.203 e. The Morgan fingerprint density at radius 3 is 1.78 bits per heavy atom. The Hall–Kier alpha value is 0.380. The van der Waals surface area contributed by atoms with Crippen molar-refractivity contribution in [2.75, 3.05) is 19.2 Å². The van der Waals surface area contributed by atoms with Crippen molar-refractivity contribution in [1.82, 2.24) is 0 Å². The minimum absolute atomic E-state index is 0.597. The smallest absolute Gasteiger partial charge is 0.203 e. The molecule has 0 saturated heterocycles. The molecule has 1 N–H and O–H groups in total. The standard InChI is InChI=1S/C3H10O4P2/c1-8(4,5)3-9(2,6)7/h3H2,1-2H3,(H,4,5)(H,6,7)/p-1. The number of hydrogen-bond donors (Lipinski definition) is 1. The highest BCUT2D eigenvalue weighted by Crippen LogP contribution is 2.49. The lowest BCUT2D eigenvalue weighted by molar-refractivity contribution is -0.172. The van der Waals surface area contributed by atoms with Crippen LogP contribution >= 0.6 is 14.7 Å². The second-order valence-electron chi connectivity index (χ2n) is 2.21. The summed E-state index contributed by atoms with van der Waals surface area (Å²) in [4.78, 5) is 18.9. The van der Waals surface area contributed by atoms with Crippen molar-refractivity contribution >= 4 is 14.7 Å². The SMILES string of the molecule is CP(=O)([O-])CP(C)(=O)O. The van der Waals surface area contributed by atoms with Gasteiger partial charge in [0.2, 0.25) is 7.37 Å². The van der Waals surface area contributed by atoms with Crippen LogP contribution in [0, 0.1) is 0 Å². The first kappa shape index (κ1) is 9.38. The van der Waals surface area contributed by atoms with E-state index in [-0.39, 0.29) is 0 Å². The van der Waals surface area contributed by atoms with Crippen LogP contribution in [0.5, 0.6) is 0 Å². The van der Waals surface area contributed by atoms with Gasteiger partial charge in [-0.2, -0.15) is 0 Å². The van der Waals surface area contributed by atoms with Crippen LogP contribution in [0.15, 0.2) is 0 Å². The fourth-order valence-corrected chi connectivity index (χ4v) is 4.29. The summed E-state index contributed by atoms with van der Waals surface area (Å²) in [6, 6.07) is 0. The first-order chi connectivity index (χ1) is 3.71. The topological polar surface area (TPSA) is 77.4 Å². The molecule has 0 amide bonds. The molecular weight excluding hydrogens is 162 g/mol. The van der Waals surface area contributed by atoms with Gasteiger partial charge in [0, 0.05) is 14.0 Å². The van der Waals surface area contributed by atoms with Crippen LogP contribution in [0.25, 0.3) is 0 Å². The van der Waals surface area contributed by atoms with Crippen molar-refractivity contribution in [3.8, 4) is 0 Å². The zero-order valence-corrected chi connectivity index (χ0v) is 7.06. The maximum absolute atomic E-state index is 10.4. The lowest BCUT2D eigenvalue weighted by Gasteiger charge is -2.18. The van der Waals surface area contributed by atoms with Crippen LogP contribution in [-0.4, -0.2) is 24.1 Å². The Balaban J connectivity index is 4.07. The van der Waals surface area contributed by atoms with Gasteiger partial charge in [-0.3, -0.25) is 4.57 Å². The molecule has 2 atom stereocenters. The van der Waals surface area contributed by atoms with Gasteiger partial charge in [0.05, 0.1) is 5.90 Å². The van der Waals surface area contributed by atoms with E-state index in [1.54, 1.807) is 0 Å². The molecule has 0 bridgehead atoms. The second-order valence-corrected chi connectivity index (χ2v) is 7.47. The molecule has 9 heavy (non-hydrogen) atoms. The van der Waals surface area contributed by atoms with Crippen LogP contribution in [0.2, 0.25) is 0 Å². The van der Waals surface area contributed by atoms with Gasteiger partial charge in [0.15, 0.2) is 0 Å². The molecule has 4 nitrogen and oxygen atoms in total. The molecule has 0 fully saturated rings. The highest BCUT2D eigenvalue weighted by Gasteiger charge is 2.14. The fourth-order valence-electron chi connectivity index (χ4n) is 0.477. The predicted molar refractivity (Wildman–Crippen MR) is 34.1 cm³/mol. The lowest BCUT2D eigenvalue weighted by Crippen LogP contribution is -2.02. The fraction of sp³-hybridized carbons (Fsp3) is 1.00.